The highest BCUT2D eigenvalue weighted by Gasteiger charge is 2.43. The van der Waals surface area contributed by atoms with E-state index in [9.17, 15) is 31.9 Å². The molecule has 2 aliphatic rings. The Morgan fingerprint density at radius 3 is 2.61 bits per heavy atom. The van der Waals surface area contributed by atoms with E-state index in [1.165, 1.54) is 0 Å². The predicted molar refractivity (Wildman–Crippen MR) is 106 cm³/mol. The summed E-state index contributed by atoms with van der Waals surface area (Å²) in [5.74, 6) is -5.75. The molecule has 168 valence electrons. The molecule has 3 unspecified atom stereocenters. The van der Waals surface area contributed by atoms with Gasteiger partial charge in [0.05, 0.1) is 12.5 Å². The molecule has 3 atom stereocenters. The van der Waals surface area contributed by atoms with E-state index in [2.05, 4.69) is 4.98 Å². The number of ketones is 1. The largest absolute Gasteiger partial charge is 0.431 e. The minimum absolute atomic E-state index is 0.140. The van der Waals surface area contributed by atoms with Gasteiger partial charge in [0.1, 0.15) is 11.5 Å². The maximum atomic E-state index is 13.6. The third kappa shape index (κ3) is 3.78. The van der Waals surface area contributed by atoms with E-state index in [0.29, 0.717) is 23.4 Å². The van der Waals surface area contributed by atoms with E-state index in [1.807, 2.05) is 4.90 Å². The number of Topliss-reactive ketones (excluding diaryl/α,β-unsaturated/α-hetero) is 1. The molecule has 0 spiro atoms. The summed E-state index contributed by atoms with van der Waals surface area (Å²) < 4.78 is 68.0. The lowest BCUT2D eigenvalue weighted by atomic mass is 9.77. The van der Waals surface area contributed by atoms with Gasteiger partial charge in [0.2, 0.25) is 0 Å². The molecule has 2 heterocycles. The lowest BCUT2D eigenvalue weighted by Crippen LogP contribution is -2.45. The quantitative estimate of drug-likeness (QED) is 0.680. The van der Waals surface area contributed by atoms with Crippen LogP contribution in [0.25, 0.3) is 16.5 Å². The van der Waals surface area contributed by atoms with E-state index >= 15 is 0 Å². The number of hydrogen-bond donors (Lipinski definition) is 2. The number of carbonyl (C=O) groups excluding carboxylic acids is 1. The van der Waals surface area contributed by atoms with Gasteiger partial charge in [-0.3, -0.25) is 9.69 Å². The fourth-order valence-corrected chi connectivity index (χ4v) is 4.78. The third-order valence-corrected chi connectivity index (χ3v) is 6.47. The lowest BCUT2D eigenvalue weighted by molar-refractivity contribution is -0.141. The Labute approximate surface area is 175 Å². The fourth-order valence-electron chi connectivity index (χ4n) is 4.78. The first-order valence-electron chi connectivity index (χ1n) is 10.1. The Bertz CT molecular complexity index is 1050. The standard InChI is InChI=1S/C22H23F5N2O2/c1-21(23,24)12(10-30)7-18(31)11-6-14-13-4-3-5-16-19(13)15(8-17(14)29(2)9-11)20(28-16)22(25,26)27/h3-6,11-12,17,28,30H,7-10H2,1-2H3. The van der Waals surface area contributed by atoms with Gasteiger partial charge in [0, 0.05) is 35.8 Å². The van der Waals surface area contributed by atoms with Crippen molar-refractivity contribution in [1.29, 1.82) is 0 Å². The molecule has 1 aromatic heterocycles. The van der Waals surface area contributed by atoms with E-state index in [-0.39, 0.29) is 24.6 Å². The highest BCUT2D eigenvalue weighted by molar-refractivity contribution is 6.00. The SMILES string of the molecule is CN1CC(C(=O)CC(CO)C(C)(F)F)C=C2c3cccc4[nH]c(C(F)(F)F)c(c34)CC21. The first-order valence-corrected chi connectivity index (χ1v) is 10.1. The lowest BCUT2D eigenvalue weighted by Gasteiger charge is -2.40. The molecule has 1 aliphatic carbocycles. The molecule has 0 bridgehead atoms. The van der Waals surface area contributed by atoms with Gasteiger partial charge in [-0.25, -0.2) is 8.78 Å². The Hall–Kier alpha value is -2.26. The number of hydrogen-bond acceptors (Lipinski definition) is 3. The predicted octanol–water partition coefficient (Wildman–Crippen LogP) is 4.28. The number of likely N-dealkylation sites (N-methyl/N-ethyl adjacent to an activating group) is 1. The van der Waals surface area contributed by atoms with Crippen LogP contribution in [0.5, 0.6) is 0 Å². The van der Waals surface area contributed by atoms with Crippen LogP contribution in [0.15, 0.2) is 24.3 Å². The zero-order valence-corrected chi connectivity index (χ0v) is 17.1. The normalized spacial score (nSPS) is 22.9. The number of alkyl halides is 5. The number of aliphatic hydroxyl groups is 1. The van der Waals surface area contributed by atoms with Crippen LogP contribution in [0.4, 0.5) is 22.0 Å². The first-order chi connectivity index (χ1) is 14.4. The molecule has 0 amide bonds. The van der Waals surface area contributed by atoms with Crippen LogP contribution in [-0.4, -0.2) is 52.9 Å². The molecule has 9 heteroatoms. The van der Waals surface area contributed by atoms with Crippen LogP contribution >= 0.6 is 0 Å². The van der Waals surface area contributed by atoms with Gasteiger partial charge in [-0.1, -0.05) is 18.2 Å². The number of benzene rings is 1. The first kappa shape index (κ1) is 22.0. The fraction of sp³-hybridized carbons (Fsp3) is 0.500. The van der Waals surface area contributed by atoms with Gasteiger partial charge >= 0.3 is 6.18 Å². The second kappa shape index (κ2) is 7.41. The number of aromatic amines is 1. The summed E-state index contributed by atoms with van der Waals surface area (Å²) in [6.07, 6.45) is -3.12. The Morgan fingerprint density at radius 2 is 2.00 bits per heavy atom. The van der Waals surface area contributed by atoms with Crippen molar-refractivity contribution in [2.75, 3.05) is 20.2 Å². The zero-order chi connectivity index (χ0) is 22.7. The molecule has 2 aromatic rings. The molecular weight excluding hydrogens is 419 g/mol. The number of aromatic nitrogens is 1. The molecule has 0 fully saturated rings. The molecule has 0 radical (unpaired) electrons. The Kier molecular flexibility index (Phi) is 5.25. The van der Waals surface area contributed by atoms with Crippen LogP contribution in [-0.2, 0) is 17.4 Å². The number of halogens is 5. The van der Waals surface area contributed by atoms with Crippen LogP contribution in [0, 0.1) is 11.8 Å². The highest BCUT2D eigenvalue weighted by atomic mass is 19.4. The van der Waals surface area contributed by atoms with Crippen LogP contribution in [0.2, 0.25) is 0 Å². The van der Waals surface area contributed by atoms with Crippen molar-refractivity contribution in [3.05, 3.63) is 41.1 Å². The topological polar surface area (TPSA) is 56.3 Å². The average molecular weight is 442 g/mol. The van der Waals surface area contributed by atoms with Crippen molar-refractivity contribution in [2.24, 2.45) is 11.8 Å². The molecular formula is C22H23F5N2O2. The number of aliphatic hydroxyl groups excluding tert-OH is 1. The van der Waals surface area contributed by atoms with Crippen molar-refractivity contribution >= 4 is 22.3 Å². The summed E-state index contributed by atoms with van der Waals surface area (Å²) in [6, 6.07) is 4.63. The number of nitrogens with zero attached hydrogens (tertiary/aromatic N) is 1. The summed E-state index contributed by atoms with van der Waals surface area (Å²) in [5, 5.41) is 9.77. The molecule has 2 N–H and O–H groups in total. The Balaban J connectivity index is 1.75. The summed E-state index contributed by atoms with van der Waals surface area (Å²) in [5.41, 5.74) is 1.20. The molecule has 0 saturated heterocycles. The third-order valence-electron chi connectivity index (χ3n) is 6.47. The summed E-state index contributed by atoms with van der Waals surface area (Å²) in [7, 11) is 1.72. The summed E-state index contributed by atoms with van der Waals surface area (Å²) in [4.78, 5) is 17.1. The summed E-state index contributed by atoms with van der Waals surface area (Å²) >= 11 is 0. The van der Waals surface area contributed by atoms with Gasteiger partial charge in [-0.15, -0.1) is 0 Å². The van der Waals surface area contributed by atoms with E-state index < -0.39 is 48.4 Å². The number of rotatable bonds is 5. The van der Waals surface area contributed by atoms with Crippen molar-refractivity contribution in [1.82, 2.24) is 9.88 Å². The van der Waals surface area contributed by atoms with Crippen LogP contribution < -0.4 is 0 Å². The second-order valence-corrected chi connectivity index (χ2v) is 8.60. The molecule has 4 rings (SSSR count). The molecule has 1 aromatic carbocycles. The average Bonchev–Trinajstić information content (AvgIpc) is 3.06. The Morgan fingerprint density at radius 1 is 1.29 bits per heavy atom. The van der Waals surface area contributed by atoms with Crippen molar-refractivity contribution < 1.29 is 31.9 Å². The minimum Gasteiger partial charge on any atom is -0.396 e. The highest BCUT2D eigenvalue weighted by Crippen LogP contribution is 2.45. The van der Waals surface area contributed by atoms with Gasteiger partial charge in [-0.2, -0.15) is 13.2 Å². The van der Waals surface area contributed by atoms with Gasteiger partial charge in [0.15, 0.2) is 0 Å². The second-order valence-electron chi connectivity index (χ2n) is 8.60. The van der Waals surface area contributed by atoms with Gasteiger partial charge in [0.25, 0.3) is 5.92 Å². The van der Waals surface area contributed by atoms with Crippen molar-refractivity contribution in [3.8, 4) is 0 Å². The maximum Gasteiger partial charge on any atom is 0.431 e. The van der Waals surface area contributed by atoms with E-state index in [4.69, 9.17) is 0 Å². The minimum atomic E-state index is -4.51. The zero-order valence-electron chi connectivity index (χ0n) is 17.1. The number of nitrogens with one attached hydrogen (secondary N) is 1. The maximum absolute atomic E-state index is 13.6. The van der Waals surface area contributed by atoms with Crippen LogP contribution in [0.3, 0.4) is 0 Å². The number of H-pyrrole nitrogens is 1. The molecule has 1 aliphatic heterocycles. The van der Waals surface area contributed by atoms with Crippen molar-refractivity contribution in [2.45, 2.75) is 37.9 Å². The number of carbonyl (C=O) groups is 1. The van der Waals surface area contributed by atoms with Crippen LogP contribution in [0.1, 0.15) is 30.2 Å². The molecule has 4 nitrogen and oxygen atoms in total. The van der Waals surface area contributed by atoms with Crippen molar-refractivity contribution in [3.63, 3.8) is 0 Å². The van der Waals surface area contributed by atoms with Gasteiger partial charge in [-0.05, 0) is 43.2 Å². The molecule has 31 heavy (non-hydrogen) atoms. The monoisotopic (exact) mass is 442 g/mol. The molecule has 0 saturated carbocycles. The van der Waals surface area contributed by atoms with E-state index in [0.717, 1.165) is 5.57 Å². The number of fused-ring (bicyclic) bond motifs is 2. The smallest absolute Gasteiger partial charge is 0.396 e. The summed E-state index contributed by atoms with van der Waals surface area (Å²) in [6.45, 7) is 0.0942. The van der Waals surface area contributed by atoms with Gasteiger partial charge < -0.3 is 10.1 Å². The van der Waals surface area contributed by atoms with E-state index in [1.54, 1.807) is 31.3 Å².